The molecule has 0 radical (unpaired) electrons. The normalized spacial score (nSPS) is 12.0. The van der Waals surface area contributed by atoms with Gasteiger partial charge in [-0.3, -0.25) is 13.8 Å². The van der Waals surface area contributed by atoms with E-state index >= 15 is 0 Å². The van der Waals surface area contributed by atoms with Crippen LogP contribution in [0.3, 0.4) is 0 Å². The number of hydrogen-bond acceptors (Lipinski definition) is 6. The van der Waals surface area contributed by atoms with Crippen molar-refractivity contribution in [2.24, 2.45) is 0 Å². The predicted octanol–water partition coefficient (Wildman–Crippen LogP) is 5.46. The number of nitrogens with zero attached hydrogens (tertiary/aromatic N) is 1. The minimum atomic E-state index is -4.05. The van der Waals surface area contributed by atoms with Crippen LogP contribution in [0.5, 0.6) is 0 Å². The molecule has 3 N–H and O–H groups in total. The third kappa shape index (κ3) is 8.70. The molecule has 0 aliphatic rings. The number of hydrogen-bond donors (Lipinski definition) is 3. The monoisotopic (exact) mass is 545 g/mol. The van der Waals surface area contributed by atoms with Crippen LogP contribution < -0.4 is 10.4 Å². The molecule has 10 heteroatoms. The fraction of sp³-hybridized carbons (Fsp3) is 0.138. The van der Waals surface area contributed by atoms with Crippen molar-refractivity contribution in [2.45, 2.75) is 25.7 Å². The molecule has 4 rings (SSSR count). The molecule has 39 heavy (non-hydrogen) atoms. The van der Waals surface area contributed by atoms with Crippen LogP contribution in [0, 0.1) is 0 Å². The van der Waals surface area contributed by atoms with Crippen LogP contribution in [-0.2, 0) is 38.0 Å². The number of pyridine rings is 1. The number of anilines is 1. The summed E-state index contributed by atoms with van der Waals surface area (Å²) in [5, 5.41) is 14.7. The predicted molar refractivity (Wildman–Crippen MR) is 147 cm³/mol. The Kier molecular flexibility index (Phi) is 9.72. The average Bonchev–Trinajstić information content (AvgIpc) is 2.96. The molecule has 0 bridgehead atoms. The molecule has 0 saturated carbocycles. The number of amides is 1. The van der Waals surface area contributed by atoms with Gasteiger partial charge in [0.2, 0.25) is 5.91 Å². The second-order valence-electron chi connectivity index (χ2n) is 8.61. The number of aromatic nitrogens is 1. The third-order valence-corrected chi connectivity index (χ3v) is 7.23. The van der Waals surface area contributed by atoms with Gasteiger partial charge in [0.25, 0.3) is 0 Å². The molecule has 4 aromatic rings. The van der Waals surface area contributed by atoms with E-state index in [1.807, 2.05) is 91.0 Å². The zero-order chi connectivity index (χ0) is 27.5. The summed E-state index contributed by atoms with van der Waals surface area (Å²) >= 11 is 0. The van der Waals surface area contributed by atoms with Crippen molar-refractivity contribution in [3.05, 3.63) is 132 Å². The second-order valence-corrected chi connectivity index (χ2v) is 10.4. The summed E-state index contributed by atoms with van der Waals surface area (Å²) in [6, 6.07) is 29.1. The first-order valence-corrected chi connectivity index (χ1v) is 13.7. The topological polar surface area (TPSA) is 127 Å². The van der Waals surface area contributed by atoms with Gasteiger partial charge in [-0.05, 0) is 35.2 Å². The van der Waals surface area contributed by atoms with Gasteiger partial charge in [-0.2, -0.15) is 0 Å². The first kappa shape index (κ1) is 27.9. The van der Waals surface area contributed by atoms with Gasteiger partial charge in [-0.1, -0.05) is 91.0 Å². The molecule has 0 aliphatic heterocycles. The number of carboxylic acid groups (broad SMARTS) is 1. The Balaban J connectivity index is 1.58. The third-order valence-electron chi connectivity index (χ3n) is 5.66. The highest BCUT2D eigenvalue weighted by molar-refractivity contribution is 7.51. The minimum absolute atomic E-state index is 0.0121. The molecular weight excluding hydrogens is 517 g/mol. The fourth-order valence-electron chi connectivity index (χ4n) is 3.66. The molecule has 9 nitrogen and oxygen atoms in total. The smallest absolute Gasteiger partial charge is 0.406 e. The van der Waals surface area contributed by atoms with E-state index < -0.39 is 25.7 Å². The molecule has 0 saturated heterocycles. The SMILES string of the molecule is O=C(O)c1ccnc(NC(=O)C(Cc2ccccc2)NP(=O)(OCc2ccccc2)OCc2ccccc2)c1. The summed E-state index contributed by atoms with van der Waals surface area (Å²) in [7, 11) is -4.05. The van der Waals surface area contributed by atoms with Crippen molar-refractivity contribution in [2.75, 3.05) is 5.32 Å². The van der Waals surface area contributed by atoms with E-state index in [4.69, 9.17) is 9.05 Å². The molecule has 1 aromatic heterocycles. The summed E-state index contributed by atoms with van der Waals surface area (Å²) in [5.41, 5.74) is 2.33. The zero-order valence-electron chi connectivity index (χ0n) is 21.0. The zero-order valence-corrected chi connectivity index (χ0v) is 21.9. The van der Waals surface area contributed by atoms with Gasteiger partial charge in [-0.25, -0.2) is 19.4 Å². The van der Waals surface area contributed by atoms with Crippen LogP contribution in [-0.4, -0.2) is 28.0 Å². The Morgan fingerprint density at radius 1 is 0.795 bits per heavy atom. The molecule has 200 valence electrons. The van der Waals surface area contributed by atoms with E-state index in [2.05, 4.69) is 15.4 Å². The van der Waals surface area contributed by atoms with Gasteiger partial charge in [-0.15, -0.1) is 0 Å². The lowest BCUT2D eigenvalue weighted by atomic mass is 10.1. The maximum absolute atomic E-state index is 14.0. The lowest BCUT2D eigenvalue weighted by Gasteiger charge is -2.25. The van der Waals surface area contributed by atoms with E-state index in [0.29, 0.717) is 0 Å². The summed E-state index contributed by atoms with van der Waals surface area (Å²) in [6.45, 7) is -0.0242. The Hall–Kier alpha value is -4.14. The first-order valence-electron chi connectivity index (χ1n) is 12.2. The summed E-state index contributed by atoms with van der Waals surface area (Å²) in [5.74, 6) is -1.69. The second kappa shape index (κ2) is 13.6. The van der Waals surface area contributed by atoms with Gasteiger partial charge in [0.1, 0.15) is 11.9 Å². The number of aromatic carboxylic acids is 1. The van der Waals surface area contributed by atoms with Gasteiger partial charge in [0.15, 0.2) is 0 Å². The van der Waals surface area contributed by atoms with Crippen LogP contribution in [0.4, 0.5) is 5.82 Å². The molecule has 1 unspecified atom stereocenters. The van der Waals surface area contributed by atoms with E-state index in [1.165, 1.54) is 18.3 Å². The van der Waals surface area contributed by atoms with E-state index in [-0.39, 0.29) is 31.0 Å². The number of carbonyl (C=O) groups is 2. The van der Waals surface area contributed by atoms with Crippen LogP contribution in [0.25, 0.3) is 0 Å². The Bertz CT molecular complexity index is 1370. The molecule has 3 aromatic carbocycles. The largest absolute Gasteiger partial charge is 0.478 e. The molecule has 1 heterocycles. The molecule has 0 spiro atoms. The highest BCUT2D eigenvalue weighted by Gasteiger charge is 2.33. The number of nitrogens with one attached hydrogen (secondary N) is 2. The van der Waals surface area contributed by atoms with Crippen LogP contribution in [0.15, 0.2) is 109 Å². The molecular formula is C29H28N3O6P. The van der Waals surface area contributed by atoms with Gasteiger partial charge in [0, 0.05) is 6.20 Å². The Morgan fingerprint density at radius 3 is 1.82 bits per heavy atom. The van der Waals surface area contributed by atoms with E-state index in [1.54, 1.807) is 0 Å². The van der Waals surface area contributed by atoms with Crippen molar-refractivity contribution in [1.82, 2.24) is 10.1 Å². The molecule has 1 amide bonds. The first-order chi connectivity index (χ1) is 18.9. The molecule has 1 atom stereocenters. The quantitative estimate of drug-likeness (QED) is 0.189. The van der Waals surface area contributed by atoms with Crippen LogP contribution >= 0.6 is 7.75 Å². The lowest BCUT2D eigenvalue weighted by molar-refractivity contribution is -0.117. The van der Waals surface area contributed by atoms with Crippen molar-refractivity contribution < 1.29 is 28.3 Å². The molecule has 0 fully saturated rings. The number of carboxylic acids is 1. The summed E-state index contributed by atoms with van der Waals surface area (Å²) in [6.07, 6.45) is 1.44. The lowest BCUT2D eigenvalue weighted by Crippen LogP contribution is -2.41. The van der Waals surface area contributed by atoms with Gasteiger partial charge in [0.05, 0.1) is 18.8 Å². The van der Waals surface area contributed by atoms with Crippen LogP contribution in [0.1, 0.15) is 27.0 Å². The maximum Gasteiger partial charge on any atom is 0.406 e. The highest BCUT2D eigenvalue weighted by Crippen LogP contribution is 2.46. The van der Waals surface area contributed by atoms with Crippen LogP contribution in [0.2, 0.25) is 0 Å². The number of benzene rings is 3. The Morgan fingerprint density at radius 2 is 1.31 bits per heavy atom. The summed E-state index contributed by atoms with van der Waals surface area (Å²) < 4.78 is 25.6. The van der Waals surface area contributed by atoms with Crippen molar-refractivity contribution >= 4 is 25.4 Å². The minimum Gasteiger partial charge on any atom is -0.478 e. The standard InChI is InChI=1S/C29H28N3O6P/c33-28(31-27-19-25(29(34)35)16-17-30-27)26(18-22-10-4-1-5-11-22)32-39(36,37-20-23-12-6-2-7-13-23)38-21-24-14-8-3-9-15-24/h1-17,19,26H,18,20-21H2,(H,32,36)(H,34,35)(H,30,31,33). The average molecular weight is 546 g/mol. The van der Waals surface area contributed by atoms with E-state index in [9.17, 15) is 19.3 Å². The maximum atomic E-state index is 14.0. The van der Waals surface area contributed by atoms with Crippen molar-refractivity contribution in [3.63, 3.8) is 0 Å². The van der Waals surface area contributed by atoms with Gasteiger partial charge < -0.3 is 10.4 Å². The van der Waals surface area contributed by atoms with Crippen molar-refractivity contribution in [1.29, 1.82) is 0 Å². The van der Waals surface area contributed by atoms with Gasteiger partial charge >= 0.3 is 13.7 Å². The number of carbonyl (C=O) groups excluding carboxylic acids is 1. The van der Waals surface area contributed by atoms with Crippen molar-refractivity contribution in [3.8, 4) is 0 Å². The fourth-order valence-corrected chi connectivity index (χ4v) is 5.11. The number of rotatable bonds is 13. The molecule has 0 aliphatic carbocycles. The summed E-state index contributed by atoms with van der Waals surface area (Å²) in [4.78, 5) is 28.8. The highest BCUT2D eigenvalue weighted by atomic mass is 31.2. The van der Waals surface area contributed by atoms with E-state index in [0.717, 1.165) is 16.7 Å². The Labute approximate surface area is 226 Å².